The number of fused-ring (bicyclic) bond motifs is 2. The van der Waals surface area contributed by atoms with Gasteiger partial charge in [0.05, 0.1) is 21.8 Å². The second-order valence-corrected chi connectivity index (χ2v) is 8.28. The maximum absolute atomic E-state index is 14.2. The average molecular weight is 460 g/mol. The molecule has 0 fully saturated rings. The van der Waals surface area contributed by atoms with Crippen LogP contribution in [0, 0.1) is 5.82 Å². The van der Waals surface area contributed by atoms with E-state index in [1.807, 2.05) is 42.5 Å². The largest absolute Gasteiger partial charge is 0.508 e. The zero-order chi connectivity index (χ0) is 22.9. The summed E-state index contributed by atoms with van der Waals surface area (Å²) in [6, 6.07) is 18.7. The summed E-state index contributed by atoms with van der Waals surface area (Å²) in [5.41, 5.74) is 4.82. The zero-order valence-corrected chi connectivity index (χ0v) is 18.3. The molecule has 4 nitrogen and oxygen atoms in total. The predicted molar refractivity (Wildman–Crippen MR) is 127 cm³/mol. The topological polar surface area (TPSA) is 59.4 Å². The molecule has 33 heavy (non-hydrogen) atoms. The smallest absolute Gasteiger partial charge is 0.339 e. The van der Waals surface area contributed by atoms with Crippen molar-refractivity contribution in [3.8, 4) is 5.75 Å². The Labute approximate surface area is 194 Å². The number of pyridine rings is 1. The number of hydrogen-bond acceptors (Lipinski definition) is 4. The molecule has 0 amide bonds. The maximum Gasteiger partial charge on any atom is 0.339 e. The molecule has 3 aromatic carbocycles. The first-order valence-electron chi connectivity index (χ1n) is 10.5. The number of halogens is 2. The van der Waals surface area contributed by atoms with E-state index < -0.39 is 11.8 Å². The van der Waals surface area contributed by atoms with Crippen molar-refractivity contribution >= 4 is 40.1 Å². The van der Waals surface area contributed by atoms with Crippen molar-refractivity contribution in [1.82, 2.24) is 4.98 Å². The molecule has 0 atom stereocenters. The standard InChI is InChI=1S/C27H19ClFNO3/c28-22-5-3-6-23(29)21(22)15-33-27(32)25-19-4-1-2-7-24(19)30-26-17(10-13-20(25)26)14-16-8-11-18(31)12-9-16/h1-9,11-12,14,31H,10,13,15H2/b17-14+. The van der Waals surface area contributed by atoms with E-state index in [2.05, 4.69) is 0 Å². The first kappa shape index (κ1) is 21.2. The van der Waals surface area contributed by atoms with Gasteiger partial charge in [-0.1, -0.05) is 48.0 Å². The highest BCUT2D eigenvalue weighted by Crippen LogP contribution is 2.38. The molecule has 4 aromatic rings. The molecule has 5 rings (SSSR count). The Hall–Kier alpha value is -3.70. The number of benzene rings is 3. The molecule has 6 heteroatoms. The minimum atomic E-state index is -0.532. The third-order valence-electron chi connectivity index (χ3n) is 5.79. The number of carbonyl (C=O) groups is 1. The molecule has 0 unspecified atom stereocenters. The Morgan fingerprint density at radius 1 is 1.06 bits per heavy atom. The first-order valence-corrected chi connectivity index (χ1v) is 10.9. The van der Waals surface area contributed by atoms with Gasteiger partial charge in [0.1, 0.15) is 18.2 Å². The van der Waals surface area contributed by atoms with Crippen LogP contribution in [-0.2, 0) is 17.8 Å². The van der Waals surface area contributed by atoms with Crippen molar-refractivity contribution in [2.24, 2.45) is 0 Å². The van der Waals surface area contributed by atoms with Crippen LogP contribution < -0.4 is 0 Å². The summed E-state index contributed by atoms with van der Waals surface area (Å²) in [6.45, 7) is -0.258. The lowest BCUT2D eigenvalue weighted by Gasteiger charge is -2.13. The summed E-state index contributed by atoms with van der Waals surface area (Å²) in [6.07, 6.45) is 3.38. The number of aromatic hydroxyl groups is 1. The van der Waals surface area contributed by atoms with Crippen LogP contribution in [-0.4, -0.2) is 16.1 Å². The Morgan fingerprint density at radius 2 is 1.85 bits per heavy atom. The average Bonchev–Trinajstić information content (AvgIpc) is 3.20. The molecule has 1 aliphatic rings. The SMILES string of the molecule is O=C(OCc1c(F)cccc1Cl)c1c2c(nc3ccccc13)/C(=C/c1ccc(O)cc1)CC2. The fourth-order valence-corrected chi connectivity index (χ4v) is 4.38. The van der Waals surface area contributed by atoms with Gasteiger partial charge in [0.15, 0.2) is 0 Å². The van der Waals surface area contributed by atoms with Crippen LogP contribution in [0.1, 0.15) is 39.2 Å². The van der Waals surface area contributed by atoms with Gasteiger partial charge in [-0.3, -0.25) is 0 Å². The second-order valence-electron chi connectivity index (χ2n) is 7.87. The lowest BCUT2D eigenvalue weighted by molar-refractivity contribution is 0.0470. The third kappa shape index (κ3) is 4.08. The second kappa shape index (κ2) is 8.68. The van der Waals surface area contributed by atoms with Crippen LogP contribution >= 0.6 is 11.6 Å². The van der Waals surface area contributed by atoms with E-state index in [1.54, 1.807) is 18.2 Å². The molecule has 0 spiro atoms. The molecule has 1 heterocycles. The van der Waals surface area contributed by atoms with Crippen molar-refractivity contribution in [3.05, 3.63) is 106 Å². The van der Waals surface area contributed by atoms with Crippen LogP contribution in [0.15, 0.2) is 66.7 Å². The lowest BCUT2D eigenvalue weighted by atomic mass is 10.0. The number of phenols is 1. The number of ether oxygens (including phenoxy) is 1. The Morgan fingerprint density at radius 3 is 2.64 bits per heavy atom. The summed E-state index contributed by atoms with van der Waals surface area (Å²) < 4.78 is 19.7. The van der Waals surface area contributed by atoms with Crippen molar-refractivity contribution in [1.29, 1.82) is 0 Å². The van der Waals surface area contributed by atoms with E-state index in [1.165, 1.54) is 12.1 Å². The fraction of sp³-hybridized carbons (Fsp3) is 0.111. The molecular formula is C27H19ClFNO3. The third-order valence-corrected chi connectivity index (χ3v) is 6.14. The molecule has 0 aliphatic heterocycles. The summed E-state index contributed by atoms with van der Waals surface area (Å²) in [5, 5.41) is 10.5. The van der Waals surface area contributed by atoms with Gasteiger partial charge in [0.25, 0.3) is 0 Å². The summed E-state index contributed by atoms with van der Waals surface area (Å²) in [7, 11) is 0. The minimum Gasteiger partial charge on any atom is -0.508 e. The molecule has 0 saturated carbocycles. The lowest BCUT2D eigenvalue weighted by Crippen LogP contribution is -2.11. The van der Waals surface area contributed by atoms with Gasteiger partial charge in [-0.2, -0.15) is 0 Å². The summed E-state index contributed by atoms with van der Waals surface area (Å²) in [5.74, 6) is -0.845. The van der Waals surface area contributed by atoms with Gasteiger partial charge in [-0.05, 0) is 65.9 Å². The predicted octanol–water partition coefficient (Wildman–Crippen LogP) is 6.58. The van der Waals surface area contributed by atoms with E-state index >= 15 is 0 Å². The van der Waals surface area contributed by atoms with Crippen molar-refractivity contribution in [3.63, 3.8) is 0 Å². The molecule has 164 valence electrons. The highest BCUT2D eigenvalue weighted by atomic mass is 35.5. The number of allylic oxidation sites excluding steroid dienone is 1. The van der Waals surface area contributed by atoms with Crippen molar-refractivity contribution in [2.75, 3.05) is 0 Å². The van der Waals surface area contributed by atoms with Gasteiger partial charge in [-0.15, -0.1) is 0 Å². The molecule has 0 bridgehead atoms. The van der Waals surface area contributed by atoms with Gasteiger partial charge < -0.3 is 9.84 Å². The number of esters is 1. The van der Waals surface area contributed by atoms with Crippen LogP contribution in [0.25, 0.3) is 22.6 Å². The van der Waals surface area contributed by atoms with Gasteiger partial charge >= 0.3 is 5.97 Å². The normalized spacial score (nSPS) is 13.9. The number of para-hydroxylation sites is 1. The van der Waals surface area contributed by atoms with Crippen LogP contribution in [0.2, 0.25) is 5.02 Å². The molecule has 0 saturated heterocycles. The number of phenolic OH excluding ortho intramolecular Hbond substituents is 1. The number of hydrogen-bond donors (Lipinski definition) is 1. The molecule has 1 N–H and O–H groups in total. The molecule has 0 radical (unpaired) electrons. The number of carbonyl (C=O) groups excluding carboxylic acids is 1. The van der Waals surface area contributed by atoms with Crippen LogP contribution in [0.4, 0.5) is 4.39 Å². The molecule has 1 aliphatic carbocycles. The first-order chi connectivity index (χ1) is 16.0. The van der Waals surface area contributed by atoms with Gasteiger partial charge in [0, 0.05) is 10.9 Å². The quantitative estimate of drug-likeness (QED) is 0.350. The van der Waals surface area contributed by atoms with Crippen LogP contribution in [0.3, 0.4) is 0 Å². The molecule has 1 aromatic heterocycles. The van der Waals surface area contributed by atoms with E-state index in [4.69, 9.17) is 21.3 Å². The Bertz CT molecular complexity index is 1390. The Kier molecular flexibility index (Phi) is 5.56. The van der Waals surface area contributed by atoms with E-state index in [0.717, 1.165) is 28.8 Å². The van der Waals surface area contributed by atoms with Crippen molar-refractivity contribution < 1.29 is 19.0 Å². The van der Waals surface area contributed by atoms with E-state index in [-0.39, 0.29) is 22.9 Å². The monoisotopic (exact) mass is 459 g/mol. The number of rotatable bonds is 4. The molecular weight excluding hydrogens is 441 g/mol. The summed E-state index contributed by atoms with van der Waals surface area (Å²) >= 11 is 6.09. The van der Waals surface area contributed by atoms with Gasteiger partial charge in [0.2, 0.25) is 0 Å². The van der Waals surface area contributed by atoms with Gasteiger partial charge in [-0.25, -0.2) is 14.2 Å². The minimum absolute atomic E-state index is 0.149. The zero-order valence-electron chi connectivity index (χ0n) is 17.5. The number of nitrogens with zero attached hydrogens (tertiary/aromatic N) is 1. The Balaban J connectivity index is 1.55. The fourth-order valence-electron chi connectivity index (χ4n) is 4.16. The summed E-state index contributed by atoms with van der Waals surface area (Å²) in [4.78, 5) is 18.1. The van der Waals surface area contributed by atoms with E-state index in [9.17, 15) is 14.3 Å². The number of aromatic nitrogens is 1. The van der Waals surface area contributed by atoms with E-state index in [0.29, 0.717) is 22.9 Å². The highest BCUT2D eigenvalue weighted by molar-refractivity contribution is 6.31. The van der Waals surface area contributed by atoms with Crippen LogP contribution in [0.5, 0.6) is 5.75 Å². The van der Waals surface area contributed by atoms with Crippen molar-refractivity contribution in [2.45, 2.75) is 19.4 Å². The highest BCUT2D eigenvalue weighted by Gasteiger charge is 2.28. The maximum atomic E-state index is 14.2.